The number of halogens is 2. The molecule has 3 atom stereocenters. The topological polar surface area (TPSA) is 73.9 Å². The number of anilines is 1. The van der Waals surface area contributed by atoms with Crippen molar-refractivity contribution in [2.24, 2.45) is 5.92 Å². The van der Waals surface area contributed by atoms with E-state index in [2.05, 4.69) is 40.7 Å². The molecule has 6 nitrogen and oxygen atoms in total. The zero-order valence-corrected chi connectivity index (χ0v) is 16.1. The molecule has 0 bridgehead atoms. The molecule has 0 unspecified atom stereocenters. The predicted molar refractivity (Wildman–Crippen MR) is 103 cm³/mol. The van der Waals surface area contributed by atoms with Gasteiger partial charge in [-0.3, -0.25) is 4.79 Å². The van der Waals surface area contributed by atoms with E-state index in [9.17, 15) is 13.6 Å². The molecule has 1 aliphatic carbocycles. The van der Waals surface area contributed by atoms with Crippen LogP contribution < -0.4 is 5.32 Å². The quantitative estimate of drug-likeness (QED) is 0.765. The number of nitrogens with one attached hydrogen (secondary N) is 2. The van der Waals surface area contributed by atoms with Gasteiger partial charge in [-0.15, -0.1) is 0 Å². The van der Waals surface area contributed by atoms with E-state index in [0.717, 1.165) is 12.8 Å². The normalized spacial score (nSPS) is 26.5. The number of H-pyrrole nitrogens is 1. The van der Waals surface area contributed by atoms with E-state index in [4.69, 9.17) is 0 Å². The number of likely N-dealkylation sites (tertiary alicyclic amines) is 1. The SMILES string of the molecule is C=CC(=O)N1C[C@H](Nc2ncnc3[nH]cc([C@H]4CC4(F)F)c23)CC[C@@H]1C(C)C. The molecule has 2 aromatic heterocycles. The molecule has 1 saturated carbocycles. The largest absolute Gasteiger partial charge is 0.365 e. The molecule has 0 spiro atoms. The number of rotatable bonds is 5. The first kappa shape index (κ1) is 18.8. The van der Waals surface area contributed by atoms with Crippen LogP contribution in [0.1, 0.15) is 44.6 Å². The van der Waals surface area contributed by atoms with Gasteiger partial charge in [-0.1, -0.05) is 20.4 Å². The molecule has 4 rings (SSSR count). The second-order valence-corrected chi connectivity index (χ2v) is 8.13. The van der Waals surface area contributed by atoms with Gasteiger partial charge in [-0.05, 0) is 30.4 Å². The standard InChI is InChI=1S/C20H25F2N5O/c1-4-16(28)27-9-12(5-6-15(27)11(2)3)26-19-17-13(14-7-20(14,21)22)8-23-18(17)24-10-25-19/h4,8,10-12,14-15H,1,5-7,9H2,2-3H3,(H2,23,24,25,26)/t12-,14-,15-/m1/s1. The first-order valence-electron chi connectivity index (χ1n) is 9.71. The summed E-state index contributed by atoms with van der Waals surface area (Å²) in [5, 5.41) is 4.01. The van der Waals surface area contributed by atoms with Crippen LogP contribution in [-0.4, -0.2) is 50.3 Å². The van der Waals surface area contributed by atoms with Gasteiger partial charge in [0.2, 0.25) is 5.91 Å². The minimum Gasteiger partial charge on any atom is -0.365 e. The maximum absolute atomic E-state index is 13.6. The number of nitrogens with zero attached hydrogens (tertiary/aromatic N) is 3. The van der Waals surface area contributed by atoms with Crippen LogP contribution in [-0.2, 0) is 4.79 Å². The van der Waals surface area contributed by atoms with Crippen molar-refractivity contribution in [2.75, 3.05) is 11.9 Å². The predicted octanol–water partition coefficient (Wildman–Crippen LogP) is 3.69. The zero-order valence-electron chi connectivity index (χ0n) is 16.1. The summed E-state index contributed by atoms with van der Waals surface area (Å²) in [6, 6.07) is 0.154. The van der Waals surface area contributed by atoms with Gasteiger partial charge >= 0.3 is 0 Å². The highest BCUT2D eigenvalue weighted by Crippen LogP contribution is 2.57. The second kappa shape index (κ2) is 6.83. The van der Waals surface area contributed by atoms with Crippen molar-refractivity contribution in [3.8, 4) is 0 Å². The Bertz CT molecular complexity index is 909. The molecule has 3 heterocycles. The van der Waals surface area contributed by atoms with Gasteiger partial charge in [0.1, 0.15) is 17.8 Å². The van der Waals surface area contributed by atoms with Crippen molar-refractivity contribution in [3.63, 3.8) is 0 Å². The van der Waals surface area contributed by atoms with Gasteiger partial charge in [-0.2, -0.15) is 0 Å². The van der Waals surface area contributed by atoms with E-state index in [0.29, 0.717) is 34.9 Å². The second-order valence-electron chi connectivity index (χ2n) is 8.13. The molecule has 1 aliphatic heterocycles. The maximum atomic E-state index is 13.6. The Morgan fingerprint density at radius 3 is 2.82 bits per heavy atom. The Labute approximate surface area is 162 Å². The summed E-state index contributed by atoms with van der Waals surface area (Å²) >= 11 is 0. The first-order chi connectivity index (χ1) is 13.3. The molecule has 0 aromatic carbocycles. The highest BCUT2D eigenvalue weighted by molar-refractivity contribution is 5.91. The van der Waals surface area contributed by atoms with Crippen molar-refractivity contribution < 1.29 is 13.6 Å². The molecule has 1 amide bonds. The van der Waals surface area contributed by atoms with Crippen LogP contribution in [0.5, 0.6) is 0 Å². The van der Waals surface area contributed by atoms with Gasteiger partial charge < -0.3 is 15.2 Å². The van der Waals surface area contributed by atoms with Gasteiger partial charge in [0.15, 0.2) is 0 Å². The lowest BCUT2D eigenvalue weighted by Gasteiger charge is -2.41. The highest BCUT2D eigenvalue weighted by atomic mass is 19.3. The van der Waals surface area contributed by atoms with Crippen molar-refractivity contribution >= 4 is 22.8 Å². The number of fused-ring (bicyclic) bond motifs is 1. The summed E-state index contributed by atoms with van der Waals surface area (Å²) in [7, 11) is 0. The number of amides is 1. The highest BCUT2D eigenvalue weighted by Gasteiger charge is 2.58. The zero-order chi connectivity index (χ0) is 20.1. The number of hydrogen-bond donors (Lipinski definition) is 2. The molecule has 2 N–H and O–H groups in total. The van der Waals surface area contributed by atoms with E-state index in [1.165, 1.54) is 12.4 Å². The van der Waals surface area contributed by atoms with E-state index < -0.39 is 11.8 Å². The van der Waals surface area contributed by atoms with Gasteiger partial charge in [0.05, 0.1) is 11.3 Å². The van der Waals surface area contributed by atoms with Crippen LogP contribution in [0.2, 0.25) is 0 Å². The summed E-state index contributed by atoms with van der Waals surface area (Å²) in [6.07, 6.45) is 5.97. The van der Waals surface area contributed by atoms with Crippen molar-refractivity contribution in [2.45, 2.75) is 57.0 Å². The minimum atomic E-state index is -2.66. The van der Waals surface area contributed by atoms with Crippen LogP contribution in [0.25, 0.3) is 11.0 Å². The molecule has 1 saturated heterocycles. The summed E-state index contributed by atoms with van der Waals surface area (Å²) < 4.78 is 27.3. The fraction of sp³-hybridized carbons (Fsp3) is 0.550. The van der Waals surface area contributed by atoms with E-state index in [1.54, 1.807) is 6.20 Å². The third-order valence-corrected chi connectivity index (χ3v) is 5.90. The lowest BCUT2D eigenvalue weighted by Crippen LogP contribution is -2.52. The van der Waals surface area contributed by atoms with Crippen molar-refractivity contribution in [1.29, 1.82) is 0 Å². The summed E-state index contributed by atoms with van der Waals surface area (Å²) in [5.41, 5.74) is 1.10. The molecule has 28 heavy (non-hydrogen) atoms. The molecule has 2 aromatic rings. The van der Waals surface area contributed by atoms with Crippen LogP contribution in [0.4, 0.5) is 14.6 Å². The fourth-order valence-electron chi connectivity index (χ4n) is 4.29. The molecule has 0 radical (unpaired) electrons. The smallest absolute Gasteiger partial charge is 0.256 e. The van der Waals surface area contributed by atoms with Crippen molar-refractivity contribution in [3.05, 3.63) is 30.7 Å². The first-order valence-corrected chi connectivity index (χ1v) is 9.71. The molecule has 2 aliphatic rings. The lowest BCUT2D eigenvalue weighted by molar-refractivity contribution is -0.130. The third kappa shape index (κ3) is 3.25. The van der Waals surface area contributed by atoms with E-state index in [1.807, 2.05) is 4.90 Å². The van der Waals surface area contributed by atoms with Crippen LogP contribution in [0.3, 0.4) is 0 Å². The summed E-state index contributed by atoms with van der Waals surface area (Å²) in [5.74, 6) is -2.64. The molecular weight excluding hydrogens is 364 g/mol. The summed E-state index contributed by atoms with van der Waals surface area (Å²) in [6.45, 7) is 8.36. The van der Waals surface area contributed by atoms with Gasteiger partial charge in [0.25, 0.3) is 5.92 Å². The Hall–Kier alpha value is -2.51. The number of hydrogen-bond acceptors (Lipinski definition) is 4. The van der Waals surface area contributed by atoms with Crippen LogP contribution in [0.15, 0.2) is 25.2 Å². The monoisotopic (exact) mass is 389 g/mol. The molecule has 2 fully saturated rings. The van der Waals surface area contributed by atoms with E-state index in [-0.39, 0.29) is 24.4 Å². The Morgan fingerprint density at radius 2 is 2.18 bits per heavy atom. The number of aromatic amines is 1. The molecule has 8 heteroatoms. The fourth-order valence-corrected chi connectivity index (χ4v) is 4.29. The van der Waals surface area contributed by atoms with E-state index >= 15 is 0 Å². The number of carbonyl (C=O) groups excluding carboxylic acids is 1. The molecule has 150 valence electrons. The average molecular weight is 389 g/mol. The minimum absolute atomic E-state index is 0.0144. The lowest BCUT2D eigenvalue weighted by atomic mass is 9.90. The Kier molecular flexibility index (Phi) is 4.59. The maximum Gasteiger partial charge on any atom is 0.256 e. The average Bonchev–Trinajstić information content (AvgIpc) is 3.10. The number of piperidine rings is 1. The number of carbonyl (C=O) groups is 1. The van der Waals surface area contributed by atoms with Crippen LogP contribution >= 0.6 is 0 Å². The van der Waals surface area contributed by atoms with Crippen molar-refractivity contribution in [1.82, 2.24) is 19.9 Å². The van der Waals surface area contributed by atoms with Gasteiger partial charge in [0, 0.05) is 31.2 Å². The van der Waals surface area contributed by atoms with Crippen LogP contribution in [0, 0.1) is 5.92 Å². The number of aromatic nitrogens is 3. The van der Waals surface area contributed by atoms with Gasteiger partial charge in [-0.25, -0.2) is 18.7 Å². The Morgan fingerprint density at radius 1 is 1.43 bits per heavy atom. The molecular formula is C20H25F2N5O. The Balaban J connectivity index is 1.59. The summed E-state index contributed by atoms with van der Waals surface area (Å²) in [4.78, 5) is 25.7. The third-order valence-electron chi connectivity index (χ3n) is 5.90. The number of alkyl halides is 2.